The second-order valence-electron chi connectivity index (χ2n) is 5.66. The molecule has 0 aliphatic carbocycles. The molecule has 2 N–H and O–H groups in total. The second-order valence-corrected chi connectivity index (χ2v) is 5.66. The summed E-state index contributed by atoms with van der Waals surface area (Å²) in [6.45, 7) is 0.744. The monoisotopic (exact) mass is 363 g/mol. The third-order valence-electron chi connectivity index (χ3n) is 3.72. The van der Waals surface area contributed by atoms with E-state index in [1.807, 2.05) is 30.3 Å². The zero-order valence-electron chi connectivity index (χ0n) is 14.5. The lowest BCUT2D eigenvalue weighted by atomic mass is 10.2. The predicted molar refractivity (Wildman–Crippen MR) is 102 cm³/mol. The first-order valence-electron chi connectivity index (χ1n) is 8.40. The van der Waals surface area contributed by atoms with E-state index in [4.69, 9.17) is 4.74 Å². The van der Waals surface area contributed by atoms with Crippen LogP contribution in [0.2, 0.25) is 0 Å². The highest BCUT2D eigenvalue weighted by atomic mass is 19.1. The van der Waals surface area contributed by atoms with Crippen LogP contribution < -0.4 is 15.4 Å². The molecule has 0 saturated heterocycles. The quantitative estimate of drug-likeness (QED) is 0.684. The van der Waals surface area contributed by atoms with Crippen molar-refractivity contribution in [3.8, 4) is 17.6 Å². The SMILES string of the molecule is O=C(NCC#CCOc1ccc2cccnc2c1)NCc1ccc(F)cc1. The number of ether oxygens (including phenoxy) is 1. The van der Waals surface area contributed by atoms with Gasteiger partial charge in [0.05, 0.1) is 12.1 Å². The Kier molecular flexibility index (Phi) is 6.21. The first-order chi connectivity index (χ1) is 13.2. The van der Waals surface area contributed by atoms with Crippen molar-refractivity contribution in [2.24, 2.45) is 0 Å². The van der Waals surface area contributed by atoms with Gasteiger partial charge in [-0.2, -0.15) is 0 Å². The molecule has 1 aromatic heterocycles. The summed E-state index contributed by atoms with van der Waals surface area (Å²) in [5.41, 5.74) is 1.68. The predicted octanol–water partition coefficient (Wildman–Crippen LogP) is 3.26. The van der Waals surface area contributed by atoms with Crippen LogP contribution in [0.3, 0.4) is 0 Å². The van der Waals surface area contributed by atoms with Gasteiger partial charge in [0.2, 0.25) is 0 Å². The Hall–Kier alpha value is -3.59. The number of halogens is 1. The maximum Gasteiger partial charge on any atom is 0.315 e. The lowest BCUT2D eigenvalue weighted by Crippen LogP contribution is -2.35. The van der Waals surface area contributed by atoms with Crippen LogP contribution in [0.1, 0.15) is 5.56 Å². The molecule has 136 valence electrons. The Labute approximate surface area is 156 Å². The zero-order valence-corrected chi connectivity index (χ0v) is 14.5. The fraction of sp³-hybridized carbons (Fsp3) is 0.143. The summed E-state index contributed by atoms with van der Waals surface area (Å²) in [4.78, 5) is 15.9. The number of hydrogen-bond acceptors (Lipinski definition) is 3. The Balaban J connectivity index is 1.36. The number of fused-ring (bicyclic) bond motifs is 1. The summed E-state index contributed by atoms with van der Waals surface area (Å²) in [7, 11) is 0. The van der Waals surface area contributed by atoms with Crippen LogP contribution in [0, 0.1) is 17.7 Å². The molecule has 0 radical (unpaired) electrons. The maximum absolute atomic E-state index is 12.8. The molecular weight excluding hydrogens is 345 g/mol. The van der Waals surface area contributed by atoms with Crippen LogP contribution in [0.25, 0.3) is 10.9 Å². The number of rotatable bonds is 5. The minimum Gasteiger partial charge on any atom is -0.481 e. The van der Waals surface area contributed by atoms with Crippen molar-refractivity contribution in [2.45, 2.75) is 6.54 Å². The molecule has 0 saturated carbocycles. The fourth-order valence-corrected chi connectivity index (χ4v) is 2.34. The van der Waals surface area contributed by atoms with E-state index in [0.29, 0.717) is 12.3 Å². The number of pyridine rings is 1. The van der Waals surface area contributed by atoms with Crippen LogP contribution in [-0.2, 0) is 6.54 Å². The summed E-state index contributed by atoms with van der Waals surface area (Å²) < 4.78 is 18.4. The van der Waals surface area contributed by atoms with Gasteiger partial charge in [-0.25, -0.2) is 9.18 Å². The van der Waals surface area contributed by atoms with Gasteiger partial charge in [-0.05, 0) is 35.9 Å². The van der Waals surface area contributed by atoms with Gasteiger partial charge in [0.1, 0.15) is 18.2 Å². The number of amides is 2. The number of carbonyl (C=O) groups excluding carboxylic acids is 1. The molecule has 27 heavy (non-hydrogen) atoms. The van der Waals surface area contributed by atoms with Crippen LogP contribution in [0.15, 0.2) is 60.8 Å². The molecule has 0 bridgehead atoms. The molecule has 6 heteroatoms. The molecule has 5 nitrogen and oxygen atoms in total. The standard InChI is InChI=1S/C21H18FN3O2/c22-18-8-5-16(6-9-18)15-25-21(26)24-11-1-2-13-27-19-10-7-17-4-3-12-23-20(17)14-19/h3-10,12,14H,11,13,15H2,(H2,24,25,26). The molecule has 0 aliphatic heterocycles. The number of aromatic nitrogens is 1. The van der Waals surface area contributed by atoms with E-state index in [9.17, 15) is 9.18 Å². The largest absolute Gasteiger partial charge is 0.481 e. The maximum atomic E-state index is 12.8. The van der Waals surface area contributed by atoms with Crippen molar-refractivity contribution in [1.82, 2.24) is 15.6 Å². The Morgan fingerprint density at radius 2 is 1.93 bits per heavy atom. The van der Waals surface area contributed by atoms with Gasteiger partial charge < -0.3 is 15.4 Å². The van der Waals surface area contributed by atoms with E-state index in [-0.39, 0.29) is 25.0 Å². The van der Waals surface area contributed by atoms with Crippen LogP contribution in [-0.4, -0.2) is 24.2 Å². The normalized spacial score (nSPS) is 9.96. The molecule has 0 spiro atoms. The fourth-order valence-electron chi connectivity index (χ4n) is 2.34. The first-order valence-corrected chi connectivity index (χ1v) is 8.40. The molecule has 0 atom stereocenters. The molecular formula is C21H18FN3O2. The second kappa shape index (κ2) is 9.20. The van der Waals surface area contributed by atoms with Crippen LogP contribution >= 0.6 is 0 Å². The highest BCUT2D eigenvalue weighted by Gasteiger charge is 1.99. The highest BCUT2D eigenvalue weighted by Crippen LogP contribution is 2.18. The minimum absolute atomic E-state index is 0.206. The Morgan fingerprint density at radius 3 is 2.78 bits per heavy atom. The highest BCUT2D eigenvalue weighted by molar-refractivity contribution is 5.79. The van der Waals surface area contributed by atoms with Gasteiger partial charge in [-0.15, -0.1) is 0 Å². The molecule has 0 unspecified atom stereocenters. The van der Waals surface area contributed by atoms with Crippen molar-refractivity contribution < 1.29 is 13.9 Å². The minimum atomic E-state index is -0.338. The number of benzene rings is 2. The Bertz CT molecular complexity index is 978. The van der Waals surface area contributed by atoms with Gasteiger partial charge in [0, 0.05) is 24.2 Å². The third kappa shape index (κ3) is 5.72. The van der Waals surface area contributed by atoms with Crippen molar-refractivity contribution in [3.63, 3.8) is 0 Å². The van der Waals surface area contributed by atoms with Crippen molar-refractivity contribution in [2.75, 3.05) is 13.2 Å². The van der Waals surface area contributed by atoms with Gasteiger partial charge in [0.25, 0.3) is 0 Å². The average Bonchev–Trinajstić information content (AvgIpc) is 2.70. The van der Waals surface area contributed by atoms with Gasteiger partial charge in [-0.3, -0.25) is 4.98 Å². The summed E-state index contributed by atoms with van der Waals surface area (Å²) in [6, 6.07) is 15.1. The third-order valence-corrected chi connectivity index (χ3v) is 3.72. The van der Waals surface area contributed by atoms with Gasteiger partial charge >= 0.3 is 6.03 Å². The number of nitrogens with zero attached hydrogens (tertiary/aromatic N) is 1. The van der Waals surface area contributed by atoms with Crippen molar-refractivity contribution >= 4 is 16.9 Å². The van der Waals surface area contributed by atoms with Gasteiger partial charge in [0.15, 0.2) is 0 Å². The van der Waals surface area contributed by atoms with E-state index >= 15 is 0 Å². The van der Waals surface area contributed by atoms with Crippen LogP contribution in [0.4, 0.5) is 9.18 Å². The topological polar surface area (TPSA) is 63.2 Å². The van der Waals surface area contributed by atoms with Crippen molar-refractivity contribution in [3.05, 3.63) is 72.2 Å². The number of urea groups is 1. The smallest absolute Gasteiger partial charge is 0.315 e. The van der Waals surface area contributed by atoms with E-state index in [0.717, 1.165) is 16.5 Å². The molecule has 0 aliphatic rings. The summed E-state index contributed by atoms with van der Waals surface area (Å²) >= 11 is 0. The summed E-state index contributed by atoms with van der Waals surface area (Å²) in [5, 5.41) is 6.35. The van der Waals surface area contributed by atoms with Crippen LogP contribution in [0.5, 0.6) is 5.75 Å². The van der Waals surface area contributed by atoms with E-state index in [1.54, 1.807) is 18.3 Å². The van der Waals surface area contributed by atoms with Gasteiger partial charge in [-0.1, -0.05) is 30.0 Å². The number of hydrogen-bond donors (Lipinski definition) is 2. The Morgan fingerprint density at radius 1 is 1.07 bits per heavy atom. The molecule has 2 aromatic carbocycles. The first kappa shape index (κ1) is 18.2. The lowest BCUT2D eigenvalue weighted by Gasteiger charge is -2.05. The zero-order chi connectivity index (χ0) is 18.9. The molecule has 1 heterocycles. The molecule has 3 aromatic rings. The van der Waals surface area contributed by atoms with E-state index in [1.165, 1.54) is 12.1 Å². The number of nitrogens with one attached hydrogen (secondary N) is 2. The molecule has 3 rings (SSSR count). The lowest BCUT2D eigenvalue weighted by molar-refractivity contribution is 0.241. The molecule has 0 fully saturated rings. The van der Waals surface area contributed by atoms with Crippen molar-refractivity contribution in [1.29, 1.82) is 0 Å². The number of carbonyl (C=O) groups is 1. The summed E-state index contributed by atoms with van der Waals surface area (Å²) in [6.07, 6.45) is 1.73. The summed E-state index contributed by atoms with van der Waals surface area (Å²) in [5.74, 6) is 6.05. The average molecular weight is 363 g/mol. The van der Waals surface area contributed by atoms with E-state index in [2.05, 4.69) is 27.5 Å². The molecule has 2 amide bonds. The van der Waals surface area contributed by atoms with E-state index < -0.39 is 0 Å².